The van der Waals surface area contributed by atoms with Crippen molar-refractivity contribution >= 4 is 11.3 Å². The number of hydrogen-bond donors (Lipinski definition) is 1. The average molecular weight is 252 g/mol. The Labute approximate surface area is 109 Å². The van der Waals surface area contributed by atoms with Crippen LogP contribution in [0.2, 0.25) is 0 Å². The third kappa shape index (κ3) is 3.56. The van der Waals surface area contributed by atoms with Gasteiger partial charge in [0.1, 0.15) is 0 Å². The first-order chi connectivity index (χ1) is 8.31. The number of aliphatic hydroxyl groups is 1. The van der Waals surface area contributed by atoms with Gasteiger partial charge in [-0.3, -0.25) is 0 Å². The molecule has 1 atom stereocenters. The third-order valence-corrected chi connectivity index (χ3v) is 4.89. The lowest BCUT2D eigenvalue weighted by atomic mass is 9.76. The molecule has 0 amide bonds. The first kappa shape index (κ1) is 13.1. The summed E-state index contributed by atoms with van der Waals surface area (Å²) in [5, 5.41) is 14.5. The molecule has 1 fully saturated rings. The van der Waals surface area contributed by atoms with Gasteiger partial charge in [0.05, 0.1) is 6.10 Å². The van der Waals surface area contributed by atoms with Crippen LogP contribution in [0.25, 0.3) is 0 Å². The molecule has 1 unspecified atom stereocenters. The summed E-state index contributed by atoms with van der Waals surface area (Å²) in [6.45, 7) is 2.27. The number of thiophene rings is 1. The van der Waals surface area contributed by atoms with Crippen molar-refractivity contribution in [3.63, 3.8) is 0 Å². The molecule has 1 aliphatic carbocycles. The van der Waals surface area contributed by atoms with E-state index in [1.165, 1.54) is 44.9 Å². The van der Waals surface area contributed by atoms with Crippen LogP contribution >= 0.6 is 11.3 Å². The number of hydrogen-bond acceptors (Lipinski definition) is 2. The van der Waals surface area contributed by atoms with Gasteiger partial charge in [0.2, 0.25) is 0 Å². The van der Waals surface area contributed by atoms with Gasteiger partial charge >= 0.3 is 0 Å². The molecule has 0 aliphatic heterocycles. The van der Waals surface area contributed by atoms with Crippen molar-refractivity contribution in [3.8, 4) is 0 Å². The van der Waals surface area contributed by atoms with E-state index in [-0.39, 0.29) is 6.10 Å². The molecule has 0 aromatic carbocycles. The summed E-state index contributed by atoms with van der Waals surface area (Å²) in [4.78, 5) is 0. The SMILES string of the molecule is CCCCC1CCC(C(O)c2ccsc2)CC1. The number of unbranched alkanes of at least 4 members (excludes halogenated alkanes) is 1. The second-order valence-corrected chi connectivity index (χ2v) is 6.20. The molecular weight excluding hydrogens is 228 g/mol. The lowest BCUT2D eigenvalue weighted by Gasteiger charge is -2.31. The van der Waals surface area contributed by atoms with Crippen molar-refractivity contribution < 1.29 is 5.11 Å². The van der Waals surface area contributed by atoms with Crippen LogP contribution in [-0.2, 0) is 0 Å². The topological polar surface area (TPSA) is 20.2 Å². The fourth-order valence-corrected chi connectivity index (χ4v) is 3.69. The molecular formula is C15H24OS. The monoisotopic (exact) mass is 252 g/mol. The second kappa shape index (κ2) is 6.55. The van der Waals surface area contributed by atoms with Crippen molar-refractivity contribution in [1.82, 2.24) is 0 Å². The Hall–Kier alpha value is -0.340. The summed E-state index contributed by atoms with van der Waals surface area (Å²) in [5.74, 6) is 1.43. The Bertz CT molecular complexity index is 299. The van der Waals surface area contributed by atoms with Gasteiger partial charge in [0, 0.05) is 0 Å². The van der Waals surface area contributed by atoms with Gasteiger partial charge in [-0.05, 0) is 47.1 Å². The summed E-state index contributed by atoms with van der Waals surface area (Å²) in [6.07, 6.45) is 8.96. The Morgan fingerprint density at radius 3 is 2.71 bits per heavy atom. The lowest BCUT2D eigenvalue weighted by molar-refractivity contribution is 0.0723. The van der Waals surface area contributed by atoms with Crippen LogP contribution in [0.15, 0.2) is 16.8 Å². The highest BCUT2D eigenvalue weighted by atomic mass is 32.1. The minimum absolute atomic E-state index is 0.214. The van der Waals surface area contributed by atoms with E-state index in [0.717, 1.165) is 11.5 Å². The Morgan fingerprint density at radius 2 is 2.12 bits per heavy atom. The molecule has 1 saturated carbocycles. The maximum absolute atomic E-state index is 10.3. The van der Waals surface area contributed by atoms with E-state index >= 15 is 0 Å². The fourth-order valence-electron chi connectivity index (χ4n) is 3.00. The van der Waals surface area contributed by atoms with Gasteiger partial charge in [-0.2, -0.15) is 11.3 Å². The molecule has 0 radical (unpaired) electrons. The van der Waals surface area contributed by atoms with Gasteiger partial charge in [0.15, 0.2) is 0 Å². The molecule has 1 N–H and O–H groups in total. The highest BCUT2D eigenvalue weighted by molar-refractivity contribution is 7.07. The Balaban J connectivity index is 1.79. The maximum atomic E-state index is 10.3. The zero-order chi connectivity index (χ0) is 12.1. The minimum Gasteiger partial charge on any atom is -0.388 e. The predicted molar refractivity (Wildman–Crippen MR) is 74.3 cm³/mol. The van der Waals surface area contributed by atoms with Crippen LogP contribution < -0.4 is 0 Å². The second-order valence-electron chi connectivity index (χ2n) is 5.42. The summed E-state index contributed by atoms with van der Waals surface area (Å²) >= 11 is 1.68. The zero-order valence-electron chi connectivity index (χ0n) is 10.8. The van der Waals surface area contributed by atoms with E-state index in [4.69, 9.17) is 0 Å². The quantitative estimate of drug-likeness (QED) is 0.799. The molecule has 1 aliphatic rings. The van der Waals surface area contributed by atoms with Crippen molar-refractivity contribution in [2.45, 2.75) is 58.0 Å². The van der Waals surface area contributed by atoms with Gasteiger partial charge in [-0.1, -0.05) is 39.0 Å². The standard InChI is InChI=1S/C15H24OS/c1-2-3-4-12-5-7-13(8-6-12)15(16)14-9-10-17-11-14/h9-13,15-16H,2-8H2,1H3. The van der Waals surface area contributed by atoms with E-state index in [9.17, 15) is 5.11 Å². The van der Waals surface area contributed by atoms with Crippen molar-refractivity contribution in [1.29, 1.82) is 0 Å². The molecule has 0 spiro atoms. The van der Waals surface area contributed by atoms with Crippen molar-refractivity contribution in [3.05, 3.63) is 22.4 Å². The van der Waals surface area contributed by atoms with E-state index in [1.54, 1.807) is 11.3 Å². The molecule has 1 nitrogen and oxygen atoms in total. The summed E-state index contributed by atoms with van der Waals surface area (Å²) in [5.41, 5.74) is 1.13. The Kier molecular flexibility index (Phi) is 5.05. The van der Waals surface area contributed by atoms with Gasteiger partial charge < -0.3 is 5.11 Å². The van der Waals surface area contributed by atoms with Gasteiger partial charge in [-0.25, -0.2) is 0 Å². The molecule has 1 heterocycles. The van der Waals surface area contributed by atoms with E-state index < -0.39 is 0 Å². The van der Waals surface area contributed by atoms with Gasteiger partial charge in [0.25, 0.3) is 0 Å². The van der Waals surface area contributed by atoms with Crippen LogP contribution in [0, 0.1) is 11.8 Å². The summed E-state index contributed by atoms with van der Waals surface area (Å²) < 4.78 is 0. The molecule has 1 aromatic rings. The van der Waals surface area contributed by atoms with E-state index in [2.05, 4.69) is 23.8 Å². The van der Waals surface area contributed by atoms with Crippen LogP contribution in [0.5, 0.6) is 0 Å². The molecule has 1 aromatic heterocycles. The molecule has 2 rings (SSSR count). The van der Waals surface area contributed by atoms with Crippen LogP contribution in [0.4, 0.5) is 0 Å². The first-order valence-electron chi connectivity index (χ1n) is 7.01. The first-order valence-corrected chi connectivity index (χ1v) is 7.95. The number of rotatable bonds is 5. The molecule has 0 bridgehead atoms. The third-order valence-electron chi connectivity index (χ3n) is 4.19. The highest BCUT2D eigenvalue weighted by Gasteiger charge is 2.27. The van der Waals surface area contributed by atoms with Crippen molar-refractivity contribution in [2.75, 3.05) is 0 Å². The minimum atomic E-state index is -0.214. The average Bonchev–Trinajstić information content (AvgIpc) is 2.90. The molecule has 0 saturated heterocycles. The lowest BCUT2D eigenvalue weighted by Crippen LogP contribution is -2.20. The zero-order valence-corrected chi connectivity index (χ0v) is 11.6. The Morgan fingerprint density at radius 1 is 1.35 bits per heavy atom. The van der Waals surface area contributed by atoms with E-state index in [0.29, 0.717) is 5.92 Å². The summed E-state index contributed by atoms with van der Waals surface area (Å²) in [6, 6.07) is 2.07. The molecule has 2 heteroatoms. The smallest absolute Gasteiger partial charge is 0.0826 e. The van der Waals surface area contributed by atoms with E-state index in [1.807, 2.05) is 0 Å². The molecule has 17 heavy (non-hydrogen) atoms. The van der Waals surface area contributed by atoms with Gasteiger partial charge in [-0.15, -0.1) is 0 Å². The maximum Gasteiger partial charge on any atom is 0.0826 e. The fraction of sp³-hybridized carbons (Fsp3) is 0.733. The molecule has 96 valence electrons. The van der Waals surface area contributed by atoms with Crippen LogP contribution in [-0.4, -0.2) is 5.11 Å². The predicted octanol–water partition coefficient (Wildman–Crippen LogP) is 4.78. The van der Waals surface area contributed by atoms with Crippen molar-refractivity contribution in [2.24, 2.45) is 11.8 Å². The summed E-state index contributed by atoms with van der Waals surface area (Å²) in [7, 11) is 0. The normalized spacial score (nSPS) is 26.9. The largest absolute Gasteiger partial charge is 0.388 e. The van der Waals surface area contributed by atoms with Crippen LogP contribution in [0.3, 0.4) is 0 Å². The highest BCUT2D eigenvalue weighted by Crippen LogP contribution is 2.38. The number of aliphatic hydroxyl groups excluding tert-OH is 1. The van der Waals surface area contributed by atoms with Crippen LogP contribution in [0.1, 0.15) is 63.5 Å².